The summed E-state index contributed by atoms with van der Waals surface area (Å²) in [5.74, 6) is -0.648. The Balaban J connectivity index is 2.10. The molecule has 0 aliphatic heterocycles. The zero-order valence-corrected chi connectivity index (χ0v) is 26.4. The summed E-state index contributed by atoms with van der Waals surface area (Å²) < 4.78 is 29.2. The highest BCUT2D eigenvalue weighted by molar-refractivity contribution is 7.92. The van der Waals surface area contributed by atoms with Crippen molar-refractivity contribution < 1.29 is 18.0 Å². The normalized spacial score (nSPS) is 12.2. The monoisotopic (exact) mass is 617 g/mol. The van der Waals surface area contributed by atoms with Crippen molar-refractivity contribution in [2.24, 2.45) is 5.92 Å². The summed E-state index contributed by atoms with van der Waals surface area (Å²) in [6, 6.07) is 17.5. The number of carbonyl (C=O) groups is 2. The number of aryl methyl sites for hydroxylation is 2. The van der Waals surface area contributed by atoms with Crippen molar-refractivity contribution in [1.29, 1.82) is 0 Å². The molecule has 0 aliphatic rings. The zero-order valence-electron chi connectivity index (χ0n) is 24.0. The molecule has 220 valence electrons. The van der Waals surface area contributed by atoms with Crippen molar-refractivity contribution in [1.82, 2.24) is 10.2 Å². The minimum Gasteiger partial charge on any atom is -0.354 e. The molecule has 1 atom stereocenters. The maximum absolute atomic E-state index is 14.2. The smallest absolute Gasteiger partial charge is 0.264 e. The number of sulfonamides is 1. The third-order valence-electron chi connectivity index (χ3n) is 6.70. The highest BCUT2D eigenvalue weighted by Crippen LogP contribution is 2.30. The number of nitrogens with zero attached hydrogens (tertiary/aromatic N) is 2. The molecule has 3 aromatic carbocycles. The fourth-order valence-electron chi connectivity index (χ4n) is 4.35. The molecule has 0 unspecified atom stereocenters. The molecular formula is C31H37Cl2N3O4S. The summed E-state index contributed by atoms with van der Waals surface area (Å²) in [4.78, 5) is 28.9. The van der Waals surface area contributed by atoms with E-state index in [2.05, 4.69) is 5.32 Å². The molecule has 0 heterocycles. The second-order valence-corrected chi connectivity index (χ2v) is 13.1. The molecule has 0 aliphatic carbocycles. The Morgan fingerprint density at radius 2 is 1.61 bits per heavy atom. The van der Waals surface area contributed by atoms with Crippen LogP contribution in [0, 0.1) is 19.8 Å². The lowest BCUT2D eigenvalue weighted by molar-refractivity contribution is -0.140. The van der Waals surface area contributed by atoms with Crippen molar-refractivity contribution in [2.75, 3.05) is 17.4 Å². The summed E-state index contributed by atoms with van der Waals surface area (Å²) in [5, 5.41) is 3.69. The molecule has 2 amide bonds. The molecule has 3 aromatic rings. The minimum absolute atomic E-state index is 0.0268. The standard InChI is InChI=1S/C31H37Cl2N3O4S/c1-6-28(31(38)34-18-21(2)3)35(19-24-9-7-8-10-27(24)33)30(37)20-36(29-17-25(32)14-13-23(29)5)41(39,40)26-15-11-22(4)12-16-26/h7-17,21,28H,6,18-20H2,1-5H3,(H,34,38)/t28-/m1/s1. The van der Waals surface area contributed by atoms with Gasteiger partial charge in [-0.3, -0.25) is 13.9 Å². The maximum Gasteiger partial charge on any atom is 0.264 e. The van der Waals surface area contributed by atoms with Crippen LogP contribution in [0.3, 0.4) is 0 Å². The van der Waals surface area contributed by atoms with Gasteiger partial charge in [-0.2, -0.15) is 0 Å². The fourth-order valence-corrected chi connectivity index (χ4v) is 6.19. The third-order valence-corrected chi connectivity index (χ3v) is 9.07. The summed E-state index contributed by atoms with van der Waals surface area (Å²) in [6.45, 7) is 9.32. The van der Waals surface area contributed by atoms with Gasteiger partial charge in [0.25, 0.3) is 10.0 Å². The molecule has 0 saturated heterocycles. The van der Waals surface area contributed by atoms with Crippen LogP contribution in [-0.4, -0.2) is 44.3 Å². The van der Waals surface area contributed by atoms with Gasteiger partial charge in [-0.05, 0) is 67.6 Å². The summed E-state index contributed by atoms with van der Waals surface area (Å²) >= 11 is 12.7. The molecule has 3 rings (SSSR count). The minimum atomic E-state index is -4.19. The van der Waals surface area contributed by atoms with E-state index in [1.807, 2.05) is 27.7 Å². The predicted octanol–water partition coefficient (Wildman–Crippen LogP) is 6.39. The average molecular weight is 619 g/mol. The number of anilines is 1. The molecule has 1 N–H and O–H groups in total. The van der Waals surface area contributed by atoms with Gasteiger partial charge in [0.15, 0.2) is 0 Å². The second-order valence-electron chi connectivity index (χ2n) is 10.4. The van der Waals surface area contributed by atoms with E-state index in [0.29, 0.717) is 34.1 Å². The van der Waals surface area contributed by atoms with Crippen molar-refractivity contribution in [3.63, 3.8) is 0 Å². The van der Waals surface area contributed by atoms with Crippen LogP contribution in [0.2, 0.25) is 10.0 Å². The third kappa shape index (κ3) is 8.24. The zero-order chi connectivity index (χ0) is 30.3. The molecule has 0 spiro atoms. The molecule has 0 radical (unpaired) electrons. The van der Waals surface area contributed by atoms with E-state index < -0.39 is 28.5 Å². The van der Waals surface area contributed by atoms with Crippen LogP contribution in [0.25, 0.3) is 0 Å². The van der Waals surface area contributed by atoms with Crippen LogP contribution in [0.15, 0.2) is 71.6 Å². The number of hydrogen-bond acceptors (Lipinski definition) is 4. The first-order valence-corrected chi connectivity index (χ1v) is 15.7. The van der Waals surface area contributed by atoms with Gasteiger partial charge in [-0.25, -0.2) is 8.42 Å². The number of carbonyl (C=O) groups excluding carboxylic acids is 2. The Kier molecular flexibility index (Phi) is 11.2. The number of rotatable bonds is 12. The Morgan fingerprint density at radius 1 is 0.951 bits per heavy atom. The molecule has 10 heteroatoms. The average Bonchev–Trinajstić information content (AvgIpc) is 2.93. The lowest BCUT2D eigenvalue weighted by atomic mass is 10.1. The molecule has 0 saturated carbocycles. The quantitative estimate of drug-likeness (QED) is 0.255. The van der Waals surface area contributed by atoms with Crippen LogP contribution in [0.1, 0.15) is 43.9 Å². The fraction of sp³-hybridized carbons (Fsp3) is 0.355. The van der Waals surface area contributed by atoms with Crippen molar-refractivity contribution in [3.8, 4) is 0 Å². The van der Waals surface area contributed by atoms with Gasteiger partial charge >= 0.3 is 0 Å². The van der Waals surface area contributed by atoms with E-state index in [1.165, 1.54) is 23.1 Å². The first-order chi connectivity index (χ1) is 19.3. The van der Waals surface area contributed by atoms with Gasteiger partial charge < -0.3 is 10.2 Å². The largest absolute Gasteiger partial charge is 0.354 e. The first-order valence-electron chi connectivity index (χ1n) is 13.5. The Labute approximate surface area is 253 Å². The van der Waals surface area contributed by atoms with E-state index in [0.717, 1.165) is 9.87 Å². The lowest BCUT2D eigenvalue weighted by Gasteiger charge is -2.34. The van der Waals surface area contributed by atoms with Gasteiger partial charge in [-0.1, -0.05) is 85.9 Å². The van der Waals surface area contributed by atoms with Crippen molar-refractivity contribution in [3.05, 3.63) is 93.5 Å². The van der Waals surface area contributed by atoms with Gasteiger partial charge in [0.2, 0.25) is 11.8 Å². The van der Waals surface area contributed by atoms with Gasteiger partial charge in [0.05, 0.1) is 10.6 Å². The number of benzene rings is 3. The Morgan fingerprint density at radius 3 is 2.22 bits per heavy atom. The van der Waals surface area contributed by atoms with Gasteiger partial charge in [-0.15, -0.1) is 0 Å². The van der Waals surface area contributed by atoms with Crippen LogP contribution in [0.4, 0.5) is 5.69 Å². The summed E-state index contributed by atoms with van der Waals surface area (Å²) in [7, 11) is -4.19. The molecule has 0 aromatic heterocycles. The number of hydrogen-bond donors (Lipinski definition) is 1. The number of amides is 2. The Bertz CT molecular complexity index is 1480. The van der Waals surface area contributed by atoms with E-state index in [-0.39, 0.29) is 29.0 Å². The topological polar surface area (TPSA) is 86.8 Å². The molecule has 41 heavy (non-hydrogen) atoms. The Hall–Kier alpha value is -3.07. The molecule has 0 bridgehead atoms. The molecular weight excluding hydrogens is 581 g/mol. The van der Waals surface area contributed by atoms with Crippen LogP contribution in [-0.2, 0) is 26.2 Å². The SMILES string of the molecule is CC[C@H](C(=O)NCC(C)C)N(Cc1ccccc1Cl)C(=O)CN(c1cc(Cl)ccc1C)S(=O)(=O)c1ccc(C)cc1. The predicted molar refractivity (Wildman–Crippen MR) is 166 cm³/mol. The van der Waals surface area contributed by atoms with E-state index in [1.54, 1.807) is 55.5 Å². The molecule has 0 fully saturated rings. The highest BCUT2D eigenvalue weighted by atomic mass is 35.5. The lowest BCUT2D eigenvalue weighted by Crippen LogP contribution is -2.52. The number of nitrogens with one attached hydrogen (secondary N) is 1. The van der Waals surface area contributed by atoms with E-state index >= 15 is 0 Å². The van der Waals surface area contributed by atoms with Gasteiger partial charge in [0, 0.05) is 23.1 Å². The van der Waals surface area contributed by atoms with Crippen LogP contribution in [0.5, 0.6) is 0 Å². The van der Waals surface area contributed by atoms with Crippen LogP contribution < -0.4 is 9.62 Å². The van der Waals surface area contributed by atoms with Gasteiger partial charge in [0.1, 0.15) is 12.6 Å². The van der Waals surface area contributed by atoms with E-state index in [9.17, 15) is 18.0 Å². The molecule has 7 nitrogen and oxygen atoms in total. The number of halogens is 2. The maximum atomic E-state index is 14.2. The van der Waals surface area contributed by atoms with Crippen molar-refractivity contribution in [2.45, 2.75) is 58.5 Å². The second kappa shape index (κ2) is 14.2. The summed E-state index contributed by atoms with van der Waals surface area (Å²) in [6.07, 6.45) is 0.320. The first kappa shape index (κ1) is 32.4. The highest BCUT2D eigenvalue weighted by Gasteiger charge is 2.34. The summed E-state index contributed by atoms with van der Waals surface area (Å²) in [5.41, 5.74) is 2.44. The van der Waals surface area contributed by atoms with Crippen LogP contribution >= 0.6 is 23.2 Å². The van der Waals surface area contributed by atoms with E-state index in [4.69, 9.17) is 23.2 Å². The van der Waals surface area contributed by atoms with Crippen molar-refractivity contribution >= 4 is 50.7 Å².